The van der Waals surface area contributed by atoms with Gasteiger partial charge in [-0.2, -0.15) is 0 Å². The maximum absolute atomic E-state index is 12.5. The Bertz CT molecular complexity index is 860. The number of aromatic nitrogens is 1. The fourth-order valence-corrected chi connectivity index (χ4v) is 4.24. The van der Waals surface area contributed by atoms with Crippen LogP contribution in [0.3, 0.4) is 0 Å². The lowest BCUT2D eigenvalue weighted by molar-refractivity contribution is -0.697. The maximum atomic E-state index is 12.5. The van der Waals surface area contributed by atoms with Crippen molar-refractivity contribution in [1.29, 1.82) is 0 Å². The maximum Gasteiger partial charge on any atom is 0.224 e. The van der Waals surface area contributed by atoms with Crippen LogP contribution in [0.2, 0.25) is 0 Å². The molecule has 0 aliphatic heterocycles. The summed E-state index contributed by atoms with van der Waals surface area (Å²) in [7, 11) is 1.65. The summed E-state index contributed by atoms with van der Waals surface area (Å²) in [6.07, 6.45) is 18.6. The zero-order chi connectivity index (χ0) is 25.1. The number of unbranched alkanes of at least 4 members (excludes halogenated alkanes) is 9. The number of hydrogen-bond acceptors (Lipinski definition) is 3. The van der Waals surface area contributed by atoms with Gasteiger partial charge in [0.15, 0.2) is 23.9 Å². The number of carbonyl (C=O) groups excluding carboxylic acids is 1. The van der Waals surface area contributed by atoms with Gasteiger partial charge >= 0.3 is 0 Å². The molecule has 0 atom stereocenters. The van der Waals surface area contributed by atoms with Crippen LogP contribution in [0.5, 0.6) is 11.5 Å². The Morgan fingerprint density at radius 1 is 0.861 bits per heavy atom. The van der Waals surface area contributed by atoms with E-state index in [1.165, 1.54) is 57.8 Å². The number of halogens is 1. The molecular formula is C30H47IN2O3. The molecule has 0 spiro atoms. The van der Waals surface area contributed by atoms with E-state index in [-0.39, 0.29) is 29.9 Å². The summed E-state index contributed by atoms with van der Waals surface area (Å²) < 4.78 is 13.6. The molecular weight excluding hydrogens is 563 g/mol. The highest BCUT2D eigenvalue weighted by Crippen LogP contribution is 2.28. The predicted molar refractivity (Wildman–Crippen MR) is 143 cm³/mol. The molecule has 36 heavy (non-hydrogen) atoms. The standard InChI is InChI=1S/C30H46N2O3.HI/c1-4-6-7-8-9-10-11-12-13-14-21-35-28-18-17-26(22-29(28)34-3)23-30(33)31-24-27-16-15-20-32(25-27)19-5-2;/h15-18,20,22,25H,4-14,19,21,23-24H2,1-3H3;1H. The van der Waals surface area contributed by atoms with Crippen molar-refractivity contribution in [2.24, 2.45) is 0 Å². The van der Waals surface area contributed by atoms with Crippen molar-refractivity contribution in [3.63, 3.8) is 0 Å². The number of aryl methyl sites for hydroxylation is 1. The second-order valence-electron chi connectivity index (χ2n) is 9.42. The van der Waals surface area contributed by atoms with Gasteiger partial charge in [-0.05, 0) is 30.2 Å². The molecule has 1 aromatic carbocycles. The quantitative estimate of drug-likeness (QED) is 0.151. The number of methoxy groups -OCH3 is 1. The Morgan fingerprint density at radius 3 is 2.22 bits per heavy atom. The summed E-state index contributed by atoms with van der Waals surface area (Å²) in [5.74, 6) is 1.43. The van der Waals surface area contributed by atoms with E-state index in [2.05, 4.69) is 36.1 Å². The molecule has 0 radical (unpaired) electrons. The van der Waals surface area contributed by atoms with Gasteiger partial charge < -0.3 is 38.8 Å². The average molecular weight is 611 g/mol. The second-order valence-corrected chi connectivity index (χ2v) is 9.42. The molecule has 6 heteroatoms. The first-order chi connectivity index (χ1) is 17.2. The Kier molecular flexibility index (Phi) is 18.1. The van der Waals surface area contributed by atoms with Crippen LogP contribution in [0.1, 0.15) is 95.6 Å². The lowest BCUT2D eigenvalue weighted by Gasteiger charge is -2.12. The number of rotatable bonds is 19. The van der Waals surface area contributed by atoms with Gasteiger partial charge in [-0.1, -0.05) is 77.7 Å². The van der Waals surface area contributed by atoms with Crippen molar-refractivity contribution in [2.75, 3.05) is 13.7 Å². The first-order valence-electron chi connectivity index (χ1n) is 13.7. The highest BCUT2D eigenvalue weighted by atomic mass is 127. The molecule has 5 nitrogen and oxygen atoms in total. The molecule has 2 rings (SSSR count). The number of amides is 1. The first kappa shape index (κ1) is 32.2. The summed E-state index contributed by atoms with van der Waals surface area (Å²) in [5.41, 5.74) is 2.02. The summed E-state index contributed by atoms with van der Waals surface area (Å²) in [5, 5.41) is 3.02. The zero-order valence-electron chi connectivity index (χ0n) is 22.7. The lowest BCUT2D eigenvalue weighted by Crippen LogP contribution is -3.00. The number of pyridine rings is 1. The molecule has 1 aromatic heterocycles. The van der Waals surface area contributed by atoms with E-state index in [1.807, 2.05) is 30.3 Å². The Labute approximate surface area is 236 Å². The Morgan fingerprint density at radius 2 is 1.56 bits per heavy atom. The third-order valence-electron chi connectivity index (χ3n) is 6.24. The van der Waals surface area contributed by atoms with E-state index in [0.717, 1.165) is 36.3 Å². The highest BCUT2D eigenvalue weighted by Gasteiger charge is 2.10. The van der Waals surface area contributed by atoms with E-state index in [9.17, 15) is 4.79 Å². The number of hydrogen-bond donors (Lipinski definition) is 1. The van der Waals surface area contributed by atoms with Crippen LogP contribution in [-0.2, 0) is 24.3 Å². The van der Waals surface area contributed by atoms with Crippen molar-refractivity contribution in [1.82, 2.24) is 5.32 Å². The van der Waals surface area contributed by atoms with Crippen LogP contribution in [0.15, 0.2) is 42.7 Å². The van der Waals surface area contributed by atoms with Crippen molar-refractivity contribution in [3.8, 4) is 11.5 Å². The molecule has 0 bridgehead atoms. The minimum atomic E-state index is -0.00280. The third-order valence-corrected chi connectivity index (χ3v) is 6.24. The number of ether oxygens (including phenoxy) is 2. The monoisotopic (exact) mass is 610 g/mol. The smallest absolute Gasteiger partial charge is 0.224 e. The minimum Gasteiger partial charge on any atom is -1.00 e. The molecule has 1 heterocycles. The predicted octanol–water partition coefficient (Wildman–Crippen LogP) is 3.56. The van der Waals surface area contributed by atoms with Crippen LogP contribution in [0.25, 0.3) is 0 Å². The fourth-order valence-electron chi connectivity index (χ4n) is 4.24. The lowest BCUT2D eigenvalue weighted by atomic mass is 10.1. The van der Waals surface area contributed by atoms with Crippen molar-refractivity contribution in [3.05, 3.63) is 53.9 Å². The van der Waals surface area contributed by atoms with E-state index in [0.29, 0.717) is 25.3 Å². The van der Waals surface area contributed by atoms with E-state index in [4.69, 9.17) is 9.47 Å². The molecule has 0 fully saturated rings. The van der Waals surface area contributed by atoms with Gasteiger partial charge in [0.1, 0.15) is 6.54 Å². The summed E-state index contributed by atoms with van der Waals surface area (Å²) >= 11 is 0. The molecule has 2 aromatic rings. The Balaban J connectivity index is 0.00000648. The Hall–Kier alpha value is -1.83. The molecule has 0 aliphatic rings. The number of benzene rings is 1. The van der Waals surface area contributed by atoms with Crippen molar-refractivity contribution < 1.29 is 42.8 Å². The zero-order valence-corrected chi connectivity index (χ0v) is 24.9. The number of carbonyl (C=O) groups is 1. The van der Waals surface area contributed by atoms with E-state index >= 15 is 0 Å². The normalized spacial score (nSPS) is 10.5. The van der Waals surface area contributed by atoms with Gasteiger partial charge in [0.25, 0.3) is 0 Å². The van der Waals surface area contributed by atoms with Crippen molar-refractivity contribution >= 4 is 5.91 Å². The fraction of sp³-hybridized carbons (Fsp3) is 0.600. The van der Waals surface area contributed by atoms with Gasteiger partial charge in [0, 0.05) is 24.6 Å². The van der Waals surface area contributed by atoms with Gasteiger partial charge in [-0.25, -0.2) is 4.57 Å². The van der Waals surface area contributed by atoms with Crippen molar-refractivity contribution in [2.45, 2.75) is 104 Å². The molecule has 0 saturated carbocycles. The topological polar surface area (TPSA) is 51.4 Å². The van der Waals surface area contributed by atoms with Gasteiger partial charge in [0.2, 0.25) is 5.91 Å². The van der Waals surface area contributed by atoms with Gasteiger partial charge in [0.05, 0.1) is 20.1 Å². The first-order valence-corrected chi connectivity index (χ1v) is 13.7. The average Bonchev–Trinajstić information content (AvgIpc) is 2.87. The largest absolute Gasteiger partial charge is 1.00 e. The minimum absolute atomic E-state index is 0. The summed E-state index contributed by atoms with van der Waals surface area (Å²) in [6.45, 7) is 6.63. The molecule has 0 aliphatic carbocycles. The summed E-state index contributed by atoms with van der Waals surface area (Å²) in [4.78, 5) is 12.5. The molecule has 0 unspecified atom stereocenters. The molecule has 1 amide bonds. The van der Waals surface area contributed by atoms with Crippen LogP contribution < -0.4 is 43.3 Å². The highest BCUT2D eigenvalue weighted by molar-refractivity contribution is 5.78. The van der Waals surface area contributed by atoms with Crippen LogP contribution >= 0.6 is 0 Å². The van der Waals surface area contributed by atoms with Gasteiger partial charge in [-0.15, -0.1) is 0 Å². The van der Waals surface area contributed by atoms with Crippen LogP contribution in [0.4, 0.5) is 0 Å². The molecule has 202 valence electrons. The van der Waals surface area contributed by atoms with E-state index < -0.39 is 0 Å². The van der Waals surface area contributed by atoms with Crippen LogP contribution in [0, 0.1) is 0 Å². The second kappa shape index (κ2) is 20.3. The summed E-state index contributed by atoms with van der Waals surface area (Å²) in [6, 6.07) is 9.84. The molecule has 1 N–H and O–H groups in total. The molecule has 0 saturated heterocycles. The number of nitrogens with zero attached hydrogens (tertiary/aromatic N) is 1. The van der Waals surface area contributed by atoms with E-state index in [1.54, 1.807) is 7.11 Å². The SMILES string of the molecule is CCCCCCCCCCCCOc1ccc(CC(=O)NCc2ccc[n+](CCC)c2)cc1OC.[I-]. The number of nitrogens with one attached hydrogen (secondary N) is 1. The van der Waals surface area contributed by atoms with Crippen LogP contribution in [-0.4, -0.2) is 19.6 Å². The third kappa shape index (κ3) is 13.5. The van der Waals surface area contributed by atoms with Gasteiger partial charge in [-0.3, -0.25) is 4.79 Å².